The van der Waals surface area contributed by atoms with Gasteiger partial charge < -0.3 is 14.2 Å². The van der Waals surface area contributed by atoms with Gasteiger partial charge in [-0.25, -0.2) is 9.59 Å². The Labute approximate surface area is 135 Å². The minimum atomic E-state index is -1.00. The second kappa shape index (κ2) is 8.04. The summed E-state index contributed by atoms with van der Waals surface area (Å²) >= 11 is 1.26. The molecule has 0 unspecified atom stereocenters. The van der Waals surface area contributed by atoms with Crippen LogP contribution in [0.25, 0.3) is 10.2 Å². The molecule has 2 aromatic rings. The molecule has 0 radical (unpaired) electrons. The third-order valence-electron chi connectivity index (χ3n) is 3.07. The zero-order valence-electron chi connectivity index (χ0n) is 12.9. The fourth-order valence-electron chi connectivity index (χ4n) is 1.95. The number of aryl methyl sites for hydroxylation is 1. The van der Waals surface area contributed by atoms with Gasteiger partial charge in [-0.1, -0.05) is 0 Å². The van der Waals surface area contributed by atoms with E-state index in [1.807, 2.05) is 6.92 Å². The van der Waals surface area contributed by atoms with E-state index in [1.165, 1.54) is 23.0 Å². The highest BCUT2D eigenvalue weighted by Gasteiger charge is 2.18. The molecule has 0 saturated carbocycles. The lowest BCUT2D eigenvalue weighted by Crippen LogP contribution is -2.43. The van der Waals surface area contributed by atoms with Crippen molar-refractivity contribution in [3.05, 3.63) is 32.3 Å². The van der Waals surface area contributed by atoms with E-state index in [1.54, 1.807) is 11.4 Å². The summed E-state index contributed by atoms with van der Waals surface area (Å²) in [6, 6.07) is 1.57. The first kappa shape index (κ1) is 17.4. The fourth-order valence-corrected chi connectivity index (χ4v) is 2.80. The van der Waals surface area contributed by atoms with E-state index >= 15 is 0 Å². The van der Waals surface area contributed by atoms with Gasteiger partial charge in [0.1, 0.15) is 11.4 Å². The summed E-state index contributed by atoms with van der Waals surface area (Å²) < 4.78 is 17.0. The van der Waals surface area contributed by atoms with E-state index < -0.39 is 17.3 Å². The summed E-state index contributed by atoms with van der Waals surface area (Å²) in [6.07, 6.45) is -1.00. The Bertz CT molecular complexity index is 791. The van der Waals surface area contributed by atoms with Gasteiger partial charge in [-0.3, -0.25) is 9.36 Å². The number of nitrogens with zero attached hydrogens (tertiary/aromatic N) is 2. The van der Waals surface area contributed by atoms with Crippen molar-refractivity contribution in [3.63, 3.8) is 0 Å². The average Bonchev–Trinajstić information content (AvgIpc) is 3.02. The summed E-state index contributed by atoms with van der Waals surface area (Å²) in [7, 11) is 1.50. The van der Waals surface area contributed by atoms with Crippen molar-refractivity contribution in [2.24, 2.45) is 7.05 Å². The van der Waals surface area contributed by atoms with Crippen LogP contribution in [0.4, 0.5) is 4.79 Å². The zero-order chi connectivity index (χ0) is 16.8. The predicted octanol–water partition coefficient (Wildman–Crippen LogP) is 0.799. The lowest BCUT2D eigenvalue weighted by atomic mass is 10.4. The predicted molar refractivity (Wildman–Crippen MR) is 85.4 cm³/mol. The summed E-state index contributed by atoms with van der Waals surface area (Å²) in [4.78, 5) is 36.9. The number of fused-ring (bicyclic) bond motifs is 1. The fraction of sp³-hybridized carbons (Fsp3) is 0.500. The van der Waals surface area contributed by atoms with Crippen LogP contribution in [0.15, 0.2) is 21.0 Å². The molecule has 8 nitrogen and oxygen atoms in total. The highest BCUT2D eigenvalue weighted by molar-refractivity contribution is 7.16. The van der Waals surface area contributed by atoms with Crippen molar-refractivity contribution >= 4 is 27.6 Å². The molecule has 0 N–H and O–H groups in total. The smallest absolute Gasteiger partial charge is 0.425 e. The van der Waals surface area contributed by atoms with E-state index in [0.717, 1.165) is 0 Å². The van der Waals surface area contributed by atoms with Gasteiger partial charge in [-0.2, -0.15) is 4.57 Å². The Morgan fingerprint density at radius 3 is 2.61 bits per heavy atom. The normalized spacial score (nSPS) is 11.0. The van der Waals surface area contributed by atoms with Gasteiger partial charge in [0, 0.05) is 13.7 Å². The monoisotopic (exact) mass is 342 g/mol. The molecule has 0 aliphatic carbocycles. The van der Waals surface area contributed by atoms with E-state index in [9.17, 15) is 14.4 Å². The van der Waals surface area contributed by atoms with Crippen LogP contribution < -0.4 is 11.2 Å². The van der Waals surface area contributed by atoms with Crippen molar-refractivity contribution in [2.45, 2.75) is 6.92 Å². The number of ether oxygens (including phenoxy) is 3. The highest BCUT2D eigenvalue weighted by Crippen LogP contribution is 2.14. The Kier molecular flexibility index (Phi) is 6.08. The number of rotatable bonds is 7. The summed E-state index contributed by atoms with van der Waals surface area (Å²) in [5, 5.41) is 2.00. The number of aromatic nitrogens is 2. The third-order valence-corrected chi connectivity index (χ3v) is 4.06. The van der Waals surface area contributed by atoms with Gasteiger partial charge in [0.2, 0.25) is 0 Å². The molecule has 0 fully saturated rings. The van der Waals surface area contributed by atoms with Crippen LogP contribution in [0.5, 0.6) is 0 Å². The molecule has 2 rings (SSSR count). The van der Waals surface area contributed by atoms with Crippen molar-refractivity contribution < 1.29 is 19.0 Å². The molecule has 2 heterocycles. The van der Waals surface area contributed by atoms with E-state index in [2.05, 4.69) is 0 Å². The number of carbonyl (C=O) groups excluding carboxylic acids is 1. The van der Waals surface area contributed by atoms with Crippen LogP contribution in [0.1, 0.15) is 6.92 Å². The minimum Gasteiger partial charge on any atom is -0.446 e. The molecule has 2 aromatic heterocycles. The molecule has 0 saturated heterocycles. The molecule has 9 heteroatoms. The van der Waals surface area contributed by atoms with E-state index in [0.29, 0.717) is 34.6 Å². The van der Waals surface area contributed by atoms with Crippen molar-refractivity contribution in [3.8, 4) is 0 Å². The van der Waals surface area contributed by atoms with Gasteiger partial charge in [-0.15, -0.1) is 11.3 Å². The lowest BCUT2D eigenvalue weighted by Gasteiger charge is -2.08. The molecular formula is C14H18N2O6S. The molecular weight excluding hydrogens is 324 g/mol. The average molecular weight is 342 g/mol. The number of hydrogen-bond donors (Lipinski definition) is 0. The van der Waals surface area contributed by atoms with Crippen LogP contribution in [0.3, 0.4) is 0 Å². The minimum absolute atomic E-state index is 0.0533. The number of hydrogen-bond acceptors (Lipinski definition) is 7. The third kappa shape index (κ3) is 3.87. The molecule has 23 heavy (non-hydrogen) atoms. The largest absolute Gasteiger partial charge is 0.446 e. The maximum atomic E-state index is 12.2. The number of thiophene rings is 1. The first-order valence-electron chi connectivity index (χ1n) is 7.09. The SMILES string of the molecule is CCOCCOCCOC(=O)n1c(=O)c2ccsc2n(C)c1=O. The summed E-state index contributed by atoms with van der Waals surface area (Å²) in [6.45, 7) is 3.43. The lowest BCUT2D eigenvalue weighted by molar-refractivity contribution is 0.0313. The highest BCUT2D eigenvalue weighted by atomic mass is 32.1. The van der Waals surface area contributed by atoms with Gasteiger partial charge in [0.15, 0.2) is 0 Å². The standard InChI is InChI=1S/C14H18N2O6S/c1-3-20-5-6-21-7-8-22-14(19)16-11(17)10-4-9-23-12(10)15(2)13(16)18/h4,9H,3,5-8H2,1-2H3. The quantitative estimate of drug-likeness (QED) is 0.692. The maximum absolute atomic E-state index is 12.2. The van der Waals surface area contributed by atoms with Crippen molar-refractivity contribution in [1.82, 2.24) is 9.13 Å². The zero-order valence-corrected chi connectivity index (χ0v) is 13.8. The Balaban J connectivity index is 2.02. The molecule has 0 aliphatic rings. The molecule has 126 valence electrons. The van der Waals surface area contributed by atoms with Crippen LogP contribution in [0, 0.1) is 0 Å². The molecule has 0 aliphatic heterocycles. The molecule has 0 aromatic carbocycles. The van der Waals surface area contributed by atoms with Crippen LogP contribution in [-0.4, -0.2) is 48.3 Å². The van der Waals surface area contributed by atoms with Crippen LogP contribution in [0.2, 0.25) is 0 Å². The topological polar surface area (TPSA) is 88.8 Å². The Hall–Kier alpha value is -1.97. The summed E-state index contributed by atoms with van der Waals surface area (Å²) in [5.74, 6) is 0. The first-order chi connectivity index (χ1) is 11.1. The van der Waals surface area contributed by atoms with E-state index in [4.69, 9.17) is 14.2 Å². The van der Waals surface area contributed by atoms with Gasteiger partial charge in [0.25, 0.3) is 5.56 Å². The maximum Gasteiger partial charge on any atom is 0.425 e. The number of carbonyl (C=O) groups is 1. The van der Waals surface area contributed by atoms with Crippen LogP contribution >= 0.6 is 11.3 Å². The second-order valence-electron chi connectivity index (χ2n) is 4.55. The van der Waals surface area contributed by atoms with Gasteiger partial charge in [0.05, 0.1) is 25.2 Å². The molecule has 0 bridgehead atoms. The van der Waals surface area contributed by atoms with Crippen LogP contribution in [-0.2, 0) is 21.3 Å². The van der Waals surface area contributed by atoms with Gasteiger partial charge in [-0.05, 0) is 18.4 Å². The second-order valence-corrected chi connectivity index (χ2v) is 5.44. The Morgan fingerprint density at radius 2 is 1.87 bits per heavy atom. The van der Waals surface area contributed by atoms with Crippen molar-refractivity contribution in [1.29, 1.82) is 0 Å². The first-order valence-corrected chi connectivity index (χ1v) is 7.97. The molecule has 0 amide bonds. The molecule has 0 atom stereocenters. The van der Waals surface area contributed by atoms with Gasteiger partial charge >= 0.3 is 11.8 Å². The Morgan fingerprint density at radius 1 is 1.17 bits per heavy atom. The molecule has 0 spiro atoms. The van der Waals surface area contributed by atoms with E-state index in [-0.39, 0.29) is 13.2 Å². The van der Waals surface area contributed by atoms with Crippen molar-refractivity contribution in [2.75, 3.05) is 33.0 Å². The summed E-state index contributed by atoms with van der Waals surface area (Å²) in [5.41, 5.74) is -1.40.